The van der Waals surface area contributed by atoms with Crippen molar-refractivity contribution in [2.75, 3.05) is 46.5 Å². The SMILES string of the molecule is COc1cccc(C(=O)N[C@H](C(=O)N2CCOCC2)C2CCN(C(=O)c3ccccc3F)CC2)c1. The number of halogens is 1. The van der Waals surface area contributed by atoms with Gasteiger partial charge in [-0.1, -0.05) is 18.2 Å². The number of ether oxygens (including phenoxy) is 2. The van der Waals surface area contributed by atoms with Crippen molar-refractivity contribution in [2.24, 2.45) is 5.92 Å². The Morgan fingerprint density at radius 1 is 1.00 bits per heavy atom. The Morgan fingerprint density at radius 3 is 2.40 bits per heavy atom. The Bertz CT molecular complexity index is 1060. The fraction of sp³-hybridized carbons (Fsp3) is 0.423. The van der Waals surface area contributed by atoms with Crippen LogP contribution >= 0.6 is 0 Å². The molecule has 2 aromatic rings. The van der Waals surface area contributed by atoms with Crippen molar-refractivity contribution in [3.8, 4) is 5.75 Å². The highest BCUT2D eigenvalue weighted by atomic mass is 19.1. The van der Waals surface area contributed by atoms with Gasteiger partial charge in [0.25, 0.3) is 11.8 Å². The molecule has 2 aliphatic heterocycles. The molecule has 35 heavy (non-hydrogen) atoms. The Hall–Kier alpha value is -3.46. The smallest absolute Gasteiger partial charge is 0.256 e. The molecule has 2 saturated heterocycles. The van der Waals surface area contributed by atoms with Crippen molar-refractivity contribution < 1.29 is 28.2 Å². The molecule has 3 amide bonds. The van der Waals surface area contributed by atoms with E-state index in [0.717, 1.165) is 0 Å². The monoisotopic (exact) mass is 483 g/mol. The highest BCUT2D eigenvalue weighted by Crippen LogP contribution is 2.25. The first-order valence-corrected chi connectivity index (χ1v) is 11.8. The normalized spacial score (nSPS) is 17.5. The fourth-order valence-electron chi connectivity index (χ4n) is 4.59. The molecule has 0 spiro atoms. The first kappa shape index (κ1) is 24.7. The molecule has 4 rings (SSSR count). The fourth-order valence-corrected chi connectivity index (χ4v) is 4.59. The summed E-state index contributed by atoms with van der Waals surface area (Å²) < 4.78 is 24.7. The average Bonchev–Trinajstić information content (AvgIpc) is 2.91. The Morgan fingerprint density at radius 2 is 1.71 bits per heavy atom. The zero-order valence-corrected chi connectivity index (χ0v) is 19.7. The zero-order chi connectivity index (χ0) is 24.8. The summed E-state index contributed by atoms with van der Waals surface area (Å²) in [6, 6.07) is 11.9. The summed E-state index contributed by atoms with van der Waals surface area (Å²) in [4.78, 5) is 42.7. The van der Waals surface area contributed by atoms with Gasteiger partial charge in [0.05, 0.1) is 25.9 Å². The summed E-state index contributed by atoms with van der Waals surface area (Å²) in [5, 5.41) is 2.95. The molecule has 1 atom stereocenters. The molecule has 1 N–H and O–H groups in total. The maximum absolute atomic E-state index is 14.1. The molecule has 0 radical (unpaired) electrons. The highest BCUT2D eigenvalue weighted by molar-refractivity contribution is 5.98. The molecule has 0 bridgehead atoms. The summed E-state index contributed by atoms with van der Waals surface area (Å²) in [5.74, 6) is -1.04. The molecular formula is C26H30FN3O5. The second-order valence-corrected chi connectivity index (χ2v) is 8.73. The van der Waals surface area contributed by atoms with E-state index in [1.165, 1.54) is 19.2 Å². The largest absolute Gasteiger partial charge is 0.497 e. The van der Waals surface area contributed by atoms with Gasteiger partial charge in [-0.25, -0.2) is 4.39 Å². The lowest BCUT2D eigenvalue weighted by Crippen LogP contribution is -2.56. The van der Waals surface area contributed by atoms with E-state index < -0.39 is 11.9 Å². The molecule has 0 aliphatic carbocycles. The number of methoxy groups -OCH3 is 1. The average molecular weight is 484 g/mol. The van der Waals surface area contributed by atoms with E-state index in [-0.39, 0.29) is 29.2 Å². The molecular weight excluding hydrogens is 453 g/mol. The van der Waals surface area contributed by atoms with Gasteiger partial charge in [-0.3, -0.25) is 14.4 Å². The lowest BCUT2D eigenvalue weighted by atomic mass is 9.87. The number of rotatable bonds is 6. The van der Waals surface area contributed by atoms with E-state index in [4.69, 9.17) is 9.47 Å². The molecule has 9 heteroatoms. The summed E-state index contributed by atoms with van der Waals surface area (Å²) in [5.41, 5.74) is 0.439. The van der Waals surface area contributed by atoms with Crippen LogP contribution in [0.25, 0.3) is 0 Å². The lowest BCUT2D eigenvalue weighted by Gasteiger charge is -2.38. The first-order chi connectivity index (χ1) is 17.0. The van der Waals surface area contributed by atoms with Gasteiger partial charge in [0.1, 0.15) is 17.6 Å². The van der Waals surface area contributed by atoms with Gasteiger partial charge >= 0.3 is 0 Å². The molecule has 0 aromatic heterocycles. The first-order valence-electron chi connectivity index (χ1n) is 11.8. The van der Waals surface area contributed by atoms with Crippen LogP contribution in [-0.2, 0) is 9.53 Å². The summed E-state index contributed by atoms with van der Waals surface area (Å²) in [6.45, 7) is 2.60. The third-order valence-corrected chi connectivity index (χ3v) is 6.61. The van der Waals surface area contributed by atoms with Crippen LogP contribution in [0.3, 0.4) is 0 Å². The number of morpholine rings is 1. The molecule has 2 aromatic carbocycles. The van der Waals surface area contributed by atoms with Gasteiger partial charge in [-0.15, -0.1) is 0 Å². The number of benzene rings is 2. The van der Waals surface area contributed by atoms with Crippen LogP contribution in [0.2, 0.25) is 0 Å². The summed E-state index contributed by atoms with van der Waals surface area (Å²) in [7, 11) is 1.53. The topological polar surface area (TPSA) is 88.2 Å². The Kier molecular flexibility index (Phi) is 7.97. The molecule has 2 heterocycles. The number of nitrogens with zero attached hydrogens (tertiary/aromatic N) is 2. The van der Waals surface area contributed by atoms with Crippen LogP contribution in [0.4, 0.5) is 4.39 Å². The predicted molar refractivity (Wildman–Crippen MR) is 127 cm³/mol. The maximum atomic E-state index is 14.1. The van der Waals surface area contributed by atoms with Crippen LogP contribution in [0.15, 0.2) is 48.5 Å². The maximum Gasteiger partial charge on any atom is 0.256 e. The number of hydrogen-bond acceptors (Lipinski definition) is 5. The van der Waals surface area contributed by atoms with Crippen LogP contribution in [-0.4, -0.2) is 80.1 Å². The van der Waals surface area contributed by atoms with Crippen molar-refractivity contribution in [3.05, 3.63) is 65.5 Å². The number of likely N-dealkylation sites (tertiary alicyclic amines) is 1. The minimum absolute atomic E-state index is 0.0400. The van der Waals surface area contributed by atoms with Gasteiger partial charge < -0.3 is 24.6 Å². The van der Waals surface area contributed by atoms with Gasteiger partial charge in [-0.2, -0.15) is 0 Å². The van der Waals surface area contributed by atoms with E-state index in [2.05, 4.69) is 5.32 Å². The molecule has 186 valence electrons. The number of piperidine rings is 1. The third-order valence-electron chi connectivity index (χ3n) is 6.61. The summed E-state index contributed by atoms with van der Waals surface area (Å²) in [6.07, 6.45) is 1.03. The van der Waals surface area contributed by atoms with Crippen molar-refractivity contribution in [1.82, 2.24) is 15.1 Å². The number of nitrogens with one attached hydrogen (secondary N) is 1. The molecule has 2 fully saturated rings. The molecule has 2 aliphatic rings. The standard InChI is InChI=1S/C26H30FN3O5/c1-34-20-6-4-5-19(17-20)24(31)28-23(26(33)30-13-15-35-16-14-30)18-9-11-29(12-10-18)25(32)21-7-2-3-8-22(21)27/h2-8,17-18,23H,9-16H2,1H3,(H,28,31)/t23-/m0/s1. The lowest BCUT2D eigenvalue weighted by molar-refractivity contribution is -0.139. The number of carbonyl (C=O) groups excluding carboxylic acids is 3. The van der Waals surface area contributed by atoms with Gasteiger partial charge in [0.15, 0.2) is 0 Å². The number of carbonyl (C=O) groups is 3. The third kappa shape index (κ3) is 5.79. The summed E-state index contributed by atoms with van der Waals surface area (Å²) >= 11 is 0. The molecule has 0 unspecified atom stereocenters. The van der Waals surface area contributed by atoms with E-state index in [0.29, 0.717) is 63.5 Å². The second kappa shape index (κ2) is 11.3. The second-order valence-electron chi connectivity index (χ2n) is 8.73. The zero-order valence-electron chi connectivity index (χ0n) is 19.7. The number of hydrogen-bond donors (Lipinski definition) is 1. The van der Waals surface area contributed by atoms with E-state index in [1.54, 1.807) is 46.2 Å². The Labute approximate surface area is 204 Å². The minimum atomic E-state index is -0.738. The van der Waals surface area contributed by atoms with Crippen molar-refractivity contribution >= 4 is 17.7 Å². The van der Waals surface area contributed by atoms with Crippen LogP contribution in [0.5, 0.6) is 5.75 Å². The highest BCUT2D eigenvalue weighted by Gasteiger charge is 2.37. The predicted octanol–water partition coefficient (Wildman–Crippen LogP) is 2.34. The molecule has 8 nitrogen and oxygen atoms in total. The van der Waals surface area contributed by atoms with E-state index >= 15 is 0 Å². The van der Waals surface area contributed by atoms with Gasteiger partial charge in [0, 0.05) is 31.7 Å². The van der Waals surface area contributed by atoms with E-state index in [9.17, 15) is 18.8 Å². The van der Waals surface area contributed by atoms with Crippen LogP contribution in [0, 0.1) is 11.7 Å². The van der Waals surface area contributed by atoms with Crippen molar-refractivity contribution in [3.63, 3.8) is 0 Å². The van der Waals surface area contributed by atoms with Gasteiger partial charge in [-0.05, 0) is 49.1 Å². The quantitative estimate of drug-likeness (QED) is 0.682. The van der Waals surface area contributed by atoms with Crippen LogP contribution in [0.1, 0.15) is 33.6 Å². The van der Waals surface area contributed by atoms with Crippen LogP contribution < -0.4 is 10.1 Å². The number of amides is 3. The molecule has 0 saturated carbocycles. The minimum Gasteiger partial charge on any atom is -0.497 e. The van der Waals surface area contributed by atoms with Crippen molar-refractivity contribution in [2.45, 2.75) is 18.9 Å². The Balaban J connectivity index is 1.48. The van der Waals surface area contributed by atoms with Crippen molar-refractivity contribution in [1.29, 1.82) is 0 Å². The van der Waals surface area contributed by atoms with E-state index in [1.807, 2.05) is 0 Å². The van der Waals surface area contributed by atoms with Gasteiger partial charge in [0.2, 0.25) is 5.91 Å².